The molecule has 0 heterocycles. The van der Waals surface area contributed by atoms with Crippen molar-refractivity contribution in [2.45, 2.75) is 4.83 Å². The van der Waals surface area contributed by atoms with E-state index in [0.29, 0.717) is 5.56 Å². The molecule has 1 nitrogen and oxygen atoms in total. The first-order valence-corrected chi connectivity index (χ1v) is 4.52. The fourth-order valence-electron chi connectivity index (χ4n) is 0.996. The van der Waals surface area contributed by atoms with Crippen LogP contribution in [0.2, 0.25) is 0 Å². The molecule has 0 aliphatic carbocycles. The summed E-state index contributed by atoms with van der Waals surface area (Å²) in [4.78, 5) is 10.6. The highest BCUT2D eigenvalue weighted by Gasteiger charge is 2.06. The number of allylic oxidation sites excluding steroid dienone is 1. The first-order chi connectivity index (χ1) is 5.79. The lowest BCUT2D eigenvalue weighted by atomic mass is 10.1. The first-order valence-electron chi connectivity index (χ1n) is 3.60. The molecule has 1 rings (SSSR count). The Hall–Kier alpha value is -0.890. The van der Waals surface area contributed by atoms with Crippen molar-refractivity contribution >= 4 is 22.2 Å². The number of alkyl halides is 1. The van der Waals surface area contributed by atoms with Crippen LogP contribution in [0.4, 0.5) is 0 Å². The fourth-order valence-corrected chi connectivity index (χ4v) is 1.41. The topological polar surface area (TPSA) is 17.1 Å². The Balaban J connectivity index is 3.12. The molecule has 0 aliphatic heterocycles. The second-order valence-corrected chi connectivity index (χ2v) is 3.37. The zero-order valence-corrected chi connectivity index (χ0v) is 8.12. The molecule has 62 valence electrons. The number of benzene rings is 1. The van der Waals surface area contributed by atoms with Gasteiger partial charge in [-0.2, -0.15) is 0 Å². The fraction of sp³-hybridized carbons (Fsp3) is 0.100. The Bertz CT molecular complexity index is 294. The maximum atomic E-state index is 10.6. The van der Waals surface area contributed by atoms with Gasteiger partial charge in [0.1, 0.15) is 6.29 Å². The smallest absolute Gasteiger partial charge is 0.150 e. The highest BCUT2D eigenvalue weighted by Crippen LogP contribution is 2.25. The number of hydrogen-bond donors (Lipinski definition) is 0. The Morgan fingerprint density at radius 2 is 2.08 bits per heavy atom. The van der Waals surface area contributed by atoms with E-state index in [2.05, 4.69) is 22.5 Å². The quantitative estimate of drug-likeness (QED) is 0.438. The van der Waals surface area contributed by atoms with E-state index < -0.39 is 0 Å². The number of aldehydes is 1. The normalized spacial score (nSPS) is 12.1. The van der Waals surface area contributed by atoms with Crippen molar-refractivity contribution < 1.29 is 4.79 Å². The molecule has 1 aromatic carbocycles. The van der Waals surface area contributed by atoms with Crippen molar-refractivity contribution in [1.29, 1.82) is 0 Å². The average molecular weight is 225 g/mol. The van der Waals surface area contributed by atoms with Crippen LogP contribution in [0.1, 0.15) is 20.7 Å². The van der Waals surface area contributed by atoms with Crippen LogP contribution in [0.3, 0.4) is 0 Å². The van der Waals surface area contributed by atoms with Gasteiger partial charge in [0.05, 0.1) is 4.83 Å². The Morgan fingerprint density at radius 1 is 1.42 bits per heavy atom. The van der Waals surface area contributed by atoms with Crippen LogP contribution < -0.4 is 0 Å². The van der Waals surface area contributed by atoms with Crippen molar-refractivity contribution in [1.82, 2.24) is 0 Å². The lowest BCUT2D eigenvalue weighted by Gasteiger charge is -2.06. The van der Waals surface area contributed by atoms with Crippen molar-refractivity contribution in [3.8, 4) is 0 Å². The van der Waals surface area contributed by atoms with Gasteiger partial charge in [0.15, 0.2) is 0 Å². The van der Waals surface area contributed by atoms with Crippen LogP contribution in [0.25, 0.3) is 0 Å². The predicted molar refractivity (Wildman–Crippen MR) is 53.7 cm³/mol. The molecule has 1 unspecified atom stereocenters. The molecule has 1 aromatic rings. The molecule has 0 radical (unpaired) electrons. The minimum Gasteiger partial charge on any atom is -0.298 e. The molecule has 1 atom stereocenters. The van der Waals surface area contributed by atoms with Crippen LogP contribution in [0, 0.1) is 0 Å². The predicted octanol–water partition coefficient (Wildman–Crippen LogP) is 3.12. The van der Waals surface area contributed by atoms with Crippen molar-refractivity contribution in [2.24, 2.45) is 0 Å². The van der Waals surface area contributed by atoms with Crippen LogP contribution in [0.5, 0.6) is 0 Å². The summed E-state index contributed by atoms with van der Waals surface area (Å²) in [6.07, 6.45) is 2.61. The summed E-state index contributed by atoms with van der Waals surface area (Å²) < 4.78 is 0. The van der Waals surface area contributed by atoms with Gasteiger partial charge < -0.3 is 0 Å². The molecule has 0 amide bonds. The van der Waals surface area contributed by atoms with Gasteiger partial charge in [-0.15, -0.1) is 6.58 Å². The molecule has 0 aliphatic rings. The number of carbonyl (C=O) groups excluding carboxylic acids is 1. The maximum absolute atomic E-state index is 10.6. The van der Waals surface area contributed by atoms with Crippen molar-refractivity contribution in [3.63, 3.8) is 0 Å². The lowest BCUT2D eigenvalue weighted by molar-refractivity contribution is 0.112. The largest absolute Gasteiger partial charge is 0.298 e. The molecule has 0 fully saturated rings. The van der Waals surface area contributed by atoms with Gasteiger partial charge in [0.25, 0.3) is 0 Å². The van der Waals surface area contributed by atoms with E-state index in [9.17, 15) is 4.79 Å². The zero-order chi connectivity index (χ0) is 8.97. The molecule has 2 heteroatoms. The summed E-state index contributed by atoms with van der Waals surface area (Å²) in [7, 11) is 0. The monoisotopic (exact) mass is 224 g/mol. The number of halogens is 1. The number of rotatable bonds is 3. The van der Waals surface area contributed by atoms with Crippen LogP contribution in [-0.4, -0.2) is 6.29 Å². The Labute approximate surface area is 80.2 Å². The Kier molecular flexibility index (Phi) is 3.23. The molecule has 0 bridgehead atoms. The summed E-state index contributed by atoms with van der Waals surface area (Å²) in [5.41, 5.74) is 1.67. The molecule has 0 saturated carbocycles. The molecule has 0 spiro atoms. The van der Waals surface area contributed by atoms with Gasteiger partial charge in [0.2, 0.25) is 0 Å². The third-order valence-corrected chi connectivity index (χ3v) is 2.49. The Morgan fingerprint density at radius 3 is 2.67 bits per heavy atom. The first kappa shape index (κ1) is 9.20. The maximum Gasteiger partial charge on any atom is 0.150 e. The molecular formula is C10H9BrO. The summed E-state index contributed by atoms with van der Waals surface area (Å²) in [6.45, 7) is 3.65. The standard InChI is InChI=1S/C10H9BrO/c1-2-10(11)9-6-4-3-5-8(9)7-12/h2-7,10H,1H2. The molecule has 0 aromatic heterocycles. The second kappa shape index (κ2) is 4.21. The molecular weight excluding hydrogens is 216 g/mol. The van der Waals surface area contributed by atoms with Gasteiger partial charge in [-0.05, 0) is 5.56 Å². The highest BCUT2D eigenvalue weighted by molar-refractivity contribution is 9.09. The average Bonchev–Trinajstić information content (AvgIpc) is 2.16. The van der Waals surface area contributed by atoms with E-state index in [1.54, 1.807) is 12.1 Å². The van der Waals surface area contributed by atoms with Crippen LogP contribution >= 0.6 is 15.9 Å². The van der Waals surface area contributed by atoms with Crippen molar-refractivity contribution in [2.75, 3.05) is 0 Å². The van der Waals surface area contributed by atoms with Gasteiger partial charge in [-0.3, -0.25) is 4.79 Å². The van der Waals surface area contributed by atoms with Gasteiger partial charge in [0, 0.05) is 5.56 Å². The van der Waals surface area contributed by atoms with Crippen molar-refractivity contribution in [3.05, 3.63) is 48.0 Å². The SMILES string of the molecule is C=CC(Br)c1ccccc1C=O. The molecule has 12 heavy (non-hydrogen) atoms. The third-order valence-electron chi connectivity index (χ3n) is 1.63. The minimum atomic E-state index is 0.0545. The molecule has 0 N–H and O–H groups in total. The summed E-state index contributed by atoms with van der Waals surface area (Å²) >= 11 is 3.40. The van der Waals surface area contributed by atoms with E-state index >= 15 is 0 Å². The van der Waals surface area contributed by atoms with Gasteiger partial charge >= 0.3 is 0 Å². The molecule has 0 saturated heterocycles. The third kappa shape index (κ3) is 1.83. The van der Waals surface area contributed by atoms with Gasteiger partial charge in [-0.1, -0.05) is 46.3 Å². The highest BCUT2D eigenvalue weighted by atomic mass is 79.9. The number of hydrogen-bond acceptors (Lipinski definition) is 1. The van der Waals surface area contributed by atoms with Crippen LogP contribution in [0.15, 0.2) is 36.9 Å². The number of carbonyl (C=O) groups is 1. The minimum absolute atomic E-state index is 0.0545. The lowest BCUT2D eigenvalue weighted by Crippen LogP contribution is -1.92. The van der Waals surface area contributed by atoms with E-state index in [1.807, 2.05) is 18.2 Å². The second-order valence-electron chi connectivity index (χ2n) is 2.38. The van der Waals surface area contributed by atoms with Crippen LogP contribution in [-0.2, 0) is 0 Å². The van der Waals surface area contributed by atoms with E-state index in [4.69, 9.17) is 0 Å². The summed E-state index contributed by atoms with van der Waals surface area (Å²) in [5, 5.41) is 0. The van der Waals surface area contributed by atoms with E-state index in [1.165, 1.54) is 0 Å². The summed E-state index contributed by atoms with van der Waals surface area (Å²) in [6, 6.07) is 7.45. The zero-order valence-electron chi connectivity index (χ0n) is 6.53. The van der Waals surface area contributed by atoms with E-state index in [-0.39, 0.29) is 4.83 Å². The summed E-state index contributed by atoms with van der Waals surface area (Å²) in [5.74, 6) is 0. The van der Waals surface area contributed by atoms with E-state index in [0.717, 1.165) is 11.8 Å². The van der Waals surface area contributed by atoms with Gasteiger partial charge in [-0.25, -0.2) is 0 Å².